The average molecular weight is 386 g/mol. The number of benzene rings is 3. The highest BCUT2D eigenvalue weighted by atomic mass is 19.4. The zero-order valence-corrected chi connectivity index (χ0v) is 14.6. The van der Waals surface area contributed by atoms with E-state index in [2.05, 4.69) is 0 Å². The lowest BCUT2D eigenvalue weighted by atomic mass is 9.88. The van der Waals surface area contributed by atoms with E-state index in [1.165, 1.54) is 0 Å². The van der Waals surface area contributed by atoms with Crippen LogP contribution < -0.4 is 0 Å². The van der Waals surface area contributed by atoms with Crippen LogP contribution in [0.1, 0.15) is 28.7 Å². The lowest BCUT2D eigenvalue weighted by Gasteiger charge is -2.21. The number of rotatable bonds is 5. The van der Waals surface area contributed by atoms with Crippen LogP contribution in [-0.4, -0.2) is 16.2 Å². The number of aliphatic carboxylic acids is 1. The Balaban J connectivity index is 1.88. The molecule has 0 amide bonds. The second-order valence-corrected chi connectivity index (χ2v) is 6.37. The number of aliphatic hydroxyl groups excluding tert-OH is 1. The van der Waals surface area contributed by atoms with Gasteiger partial charge in [0.25, 0.3) is 0 Å². The minimum atomic E-state index is -4.50. The lowest BCUT2D eigenvalue weighted by Crippen LogP contribution is -2.20. The number of carbonyl (C=O) groups is 1. The molecular formula is C22H17F3O3. The summed E-state index contributed by atoms with van der Waals surface area (Å²) in [7, 11) is 0. The normalized spacial score (nSPS) is 13.7. The Kier molecular flexibility index (Phi) is 5.51. The first-order valence-corrected chi connectivity index (χ1v) is 8.51. The number of carboxylic acid groups (broad SMARTS) is 1. The maximum Gasteiger partial charge on any atom is 0.416 e. The molecule has 0 aliphatic heterocycles. The van der Waals surface area contributed by atoms with Gasteiger partial charge in [-0.3, -0.25) is 4.79 Å². The molecule has 0 saturated carbocycles. The van der Waals surface area contributed by atoms with Crippen LogP contribution in [0.3, 0.4) is 0 Å². The number of aliphatic hydroxyl groups is 1. The SMILES string of the molecule is O=C(O)[C@H](c1ccc(-c2ccccc2)cc1)[C@@H](O)c1ccc(C(F)(F)F)cc1. The zero-order valence-electron chi connectivity index (χ0n) is 14.6. The Hall–Kier alpha value is -3.12. The van der Waals surface area contributed by atoms with Gasteiger partial charge < -0.3 is 10.2 Å². The molecule has 3 rings (SSSR count). The van der Waals surface area contributed by atoms with E-state index in [1.54, 1.807) is 24.3 Å². The first-order chi connectivity index (χ1) is 13.3. The molecule has 0 aliphatic rings. The minimum absolute atomic E-state index is 0.104. The zero-order chi connectivity index (χ0) is 20.3. The van der Waals surface area contributed by atoms with Gasteiger partial charge in [0.2, 0.25) is 0 Å². The van der Waals surface area contributed by atoms with Crippen LogP contribution in [0.25, 0.3) is 11.1 Å². The van der Waals surface area contributed by atoms with Gasteiger partial charge in [0.05, 0.1) is 11.7 Å². The van der Waals surface area contributed by atoms with Crippen molar-refractivity contribution in [2.75, 3.05) is 0 Å². The fourth-order valence-electron chi connectivity index (χ4n) is 3.04. The molecule has 3 nitrogen and oxygen atoms in total. The van der Waals surface area contributed by atoms with Gasteiger partial charge in [-0.05, 0) is 34.4 Å². The van der Waals surface area contributed by atoms with E-state index in [0.717, 1.165) is 35.4 Å². The fourth-order valence-corrected chi connectivity index (χ4v) is 3.04. The van der Waals surface area contributed by atoms with E-state index in [9.17, 15) is 28.2 Å². The third kappa shape index (κ3) is 4.23. The van der Waals surface area contributed by atoms with Gasteiger partial charge in [-0.25, -0.2) is 0 Å². The highest BCUT2D eigenvalue weighted by Crippen LogP contribution is 2.35. The van der Waals surface area contributed by atoms with Gasteiger partial charge in [-0.1, -0.05) is 66.7 Å². The number of hydrogen-bond donors (Lipinski definition) is 2. The molecule has 0 aliphatic carbocycles. The number of carboxylic acids is 1. The van der Waals surface area contributed by atoms with Gasteiger partial charge in [-0.15, -0.1) is 0 Å². The van der Waals surface area contributed by atoms with Gasteiger partial charge in [0.1, 0.15) is 5.92 Å². The average Bonchev–Trinajstić information content (AvgIpc) is 2.68. The Morgan fingerprint density at radius 3 is 1.75 bits per heavy atom. The predicted molar refractivity (Wildman–Crippen MR) is 98.7 cm³/mol. The van der Waals surface area contributed by atoms with E-state index in [-0.39, 0.29) is 5.56 Å². The molecule has 0 aromatic heterocycles. The van der Waals surface area contributed by atoms with Crippen molar-refractivity contribution >= 4 is 5.97 Å². The molecule has 2 N–H and O–H groups in total. The summed E-state index contributed by atoms with van der Waals surface area (Å²) in [5, 5.41) is 20.1. The van der Waals surface area contributed by atoms with E-state index in [0.29, 0.717) is 5.56 Å². The monoisotopic (exact) mass is 386 g/mol. The molecular weight excluding hydrogens is 369 g/mol. The molecule has 0 heterocycles. The molecule has 0 fully saturated rings. The molecule has 0 radical (unpaired) electrons. The highest BCUT2D eigenvalue weighted by molar-refractivity contribution is 5.78. The maximum atomic E-state index is 12.7. The molecule has 0 bridgehead atoms. The number of alkyl halides is 3. The van der Waals surface area contributed by atoms with Crippen molar-refractivity contribution in [2.24, 2.45) is 0 Å². The van der Waals surface area contributed by atoms with Crippen LogP contribution in [-0.2, 0) is 11.0 Å². The van der Waals surface area contributed by atoms with Crippen LogP contribution >= 0.6 is 0 Å². The van der Waals surface area contributed by atoms with E-state index < -0.39 is 29.7 Å². The van der Waals surface area contributed by atoms with Gasteiger partial charge in [0, 0.05) is 0 Å². The third-order valence-corrected chi connectivity index (χ3v) is 4.54. The standard InChI is InChI=1S/C22H17F3O3/c23-22(24,25)18-12-10-17(11-13-18)20(26)19(21(27)28)16-8-6-15(7-9-16)14-4-2-1-3-5-14/h1-13,19-20,26H,(H,27,28)/t19-,20+/m1/s1. The molecule has 3 aromatic rings. The first-order valence-electron chi connectivity index (χ1n) is 8.51. The van der Waals surface area contributed by atoms with E-state index in [1.807, 2.05) is 30.3 Å². The van der Waals surface area contributed by atoms with Crippen molar-refractivity contribution in [3.8, 4) is 11.1 Å². The summed E-state index contributed by atoms with van der Waals surface area (Å²) in [6.45, 7) is 0. The topological polar surface area (TPSA) is 57.5 Å². The van der Waals surface area contributed by atoms with Crippen LogP contribution in [0, 0.1) is 0 Å². The van der Waals surface area contributed by atoms with Crippen molar-refractivity contribution in [1.29, 1.82) is 0 Å². The van der Waals surface area contributed by atoms with Gasteiger partial charge in [-0.2, -0.15) is 13.2 Å². The minimum Gasteiger partial charge on any atom is -0.481 e. The molecule has 3 aromatic carbocycles. The summed E-state index contributed by atoms with van der Waals surface area (Å²) in [6, 6.07) is 20.1. The van der Waals surface area contributed by atoms with E-state index >= 15 is 0 Å². The third-order valence-electron chi connectivity index (χ3n) is 4.54. The molecule has 0 saturated heterocycles. The van der Waals surface area contributed by atoms with Crippen LogP contribution in [0.15, 0.2) is 78.9 Å². The van der Waals surface area contributed by atoms with Crippen molar-refractivity contribution in [2.45, 2.75) is 18.2 Å². The summed E-state index contributed by atoms with van der Waals surface area (Å²) < 4.78 is 38.1. The van der Waals surface area contributed by atoms with Crippen LogP contribution in [0.2, 0.25) is 0 Å². The maximum absolute atomic E-state index is 12.7. The Morgan fingerprint density at radius 2 is 1.25 bits per heavy atom. The Labute approximate surface area is 159 Å². The summed E-state index contributed by atoms with van der Waals surface area (Å²) in [5.41, 5.74) is 1.45. The fraction of sp³-hybridized carbons (Fsp3) is 0.136. The lowest BCUT2D eigenvalue weighted by molar-refractivity contribution is -0.142. The van der Waals surface area contributed by atoms with Crippen molar-refractivity contribution < 1.29 is 28.2 Å². The summed E-state index contributed by atoms with van der Waals surface area (Å²) in [5.74, 6) is -2.57. The van der Waals surface area contributed by atoms with Crippen LogP contribution in [0.5, 0.6) is 0 Å². The van der Waals surface area contributed by atoms with Crippen LogP contribution in [0.4, 0.5) is 13.2 Å². The largest absolute Gasteiger partial charge is 0.481 e. The smallest absolute Gasteiger partial charge is 0.416 e. The molecule has 28 heavy (non-hydrogen) atoms. The summed E-state index contributed by atoms with van der Waals surface area (Å²) >= 11 is 0. The predicted octanol–water partition coefficient (Wildman–Crippen LogP) is 5.27. The second kappa shape index (κ2) is 7.86. The van der Waals surface area contributed by atoms with Crippen molar-refractivity contribution in [3.05, 3.63) is 95.6 Å². The second-order valence-electron chi connectivity index (χ2n) is 6.37. The highest BCUT2D eigenvalue weighted by Gasteiger charge is 2.32. The molecule has 144 valence electrons. The molecule has 0 unspecified atom stereocenters. The summed E-state index contributed by atoms with van der Waals surface area (Å²) in [6.07, 6.45) is -5.98. The van der Waals surface area contributed by atoms with Gasteiger partial charge in [0.15, 0.2) is 0 Å². The molecule has 0 spiro atoms. The Morgan fingerprint density at radius 1 is 0.750 bits per heavy atom. The first kappa shape index (κ1) is 19.6. The van der Waals surface area contributed by atoms with Crippen molar-refractivity contribution in [1.82, 2.24) is 0 Å². The van der Waals surface area contributed by atoms with Crippen molar-refractivity contribution in [3.63, 3.8) is 0 Å². The number of hydrogen-bond acceptors (Lipinski definition) is 2. The molecule has 6 heteroatoms. The Bertz CT molecular complexity index is 934. The van der Waals surface area contributed by atoms with Gasteiger partial charge >= 0.3 is 12.1 Å². The summed E-state index contributed by atoms with van der Waals surface area (Å²) in [4.78, 5) is 11.8. The molecule has 2 atom stereocenters. The van der Waals surface area contributed by atoms with E-state index in [4.69, 9.17) is 0 Å². The quantitative estimate of drug-likeness (QED) is 0.628. The number of halogens is 3.